The van der Waals surface area contributed by atoms with Gasteiger partial charge in [-0.15, -0.1) is 0 Å². The third-order valence-corrected chi connectivity index (χ3v) is 7.14. The van der Waals surface area contributed by atoms with Crippen LogP contribution in [0.3, 0.4) is 0 Å². The Balaban J connectivity index is 1.48. The topological polar surface area (TPSA) is 76.1 Å². The van der Waals surface area contributed by atoms with Crippen LogP contribution in [0.4, 0.5) is 0 Å². The molecule has 0 spiro atoms. The summed E-state index contributed by atoms with van der Waals surface area (Å²) in [7, 11) is 1.55. The van der Waals surface area contributed by atoms with Crippen LogP contribution in [0.25, 0.3) is 5.76 Å². The summed E-state index contributed by atoms with van der Waals surface area (Å²) in [6.45, 7) is 0.949. The number of Topliss-reactive ketones (excluding diaryl/α,β-unsaturated/α-hetero) is 1. The molecule has 1 saturated heterocycles. The molecule has 1 amide bonds. The Morgan fingerprint density at radius 1 is 0.946 bits per heavy atom. The lowest BCUT2D eigenvalue weighted by atomic mass is 9.88. The summed E-state index contributed by atoms with van der Waals surface area (Å²) < 4.78 is 11.1. The summed E-state index contributed by atoms with van der Waals surface area (Å²) in [6, 6.07) is 22.4. The van der Waals surface area contributed by atoms with Crippen molar-refractivity contribution in [2.24, 2.45) is 0 Å². The second kappa shape index (κ2) is 11.0. The number of fused-ring (bicyclic) bond motifs is 1. The summed E-state index contributed by atoms with van der Waals surface area (Å²) in [4.78, 5) is 27.8. The Kier molecular flexibility index (Phi) is 7.37. The van der Waals surface area contributed by atoms with E-state index in [1.807, 2.05) is 72.8 Å². The SMILES string of the molecule is COCCN1C(=O)C(=O)/C(=C(\O)c2ccc3c(c2)CCCC3)C1c1ccc(OCc2ccccc2)cc1. The Morgan fingerprint density at radius 2 is 1.68 bits per heavy atom. The van der Waals surface area contributed by atoms with Crippen molar-refractivity contribution < 1.29 is 24.2 Å². The summed E-state index contributed by atoms with van der Waals surface area (Å²) >= 11 is 0. The van der Waals surface area contributed by atoms with Crippen molar-refractivity contribution in [1.82, 2.24) is 4.90 Å². The van der Waals surface area contributed by atoms with Crippen molar-refractivity contribution in [2.75, 3.05) is 20.3 Å². The minimum atomic E-state index is -0.714. The van der Waals surface area contributed by atoms with Gasteiger partial charge < -0.3 is 19.5 Å². The molecular formula is C31H31NO5. The number of aliphatic hydroxyl groups excluding tert-OH is 1. The molecule has 6 nitrogen and oxygen atoms in total. The molecular weight excluding hydrogens is 466 g/mol. The molecule has 0 saturated carbocycles. The molecule has 3 aromatic carbocycles. The molecule has 0 aromatic heterocycles. The summed E-state index contributed by atoms with van der Waals surface area (Å²) in [5.41, 5.74) is 4.94. The summed E-state index contributed by atoms with van der Waals surface area (Å²) in [5, 5.41) is 11.4. The Morgan fingerprint density at radius 3 is 2.41 bits per heavy atom. The van der Waals surface area contributed by atoms with Gasteiger partial charge in [-0.05, 0) is 66.1 Å². The molecule has 0 radical (unpaired) electrons. The highest BCUT2D eigenvalue weighted by atomic mass is 16.5. The van der Waals surface area contributed by atoms with E-state index in [1.165, 1.54) is 16.0 Å². The maximum absolute atomic E-state index is 13.2. The van der Waals surface area contributed by atoms with E-state index < -0.39 is 17.7 Å². The van der Waals surface area contributed by atoms with Crippen LogP contribution < -0.4 is 4.74 Å². The van der Waals surface area contributed by atoms with E-state index in [0.29, 0.717) is 17.9 Å². The molecule has 1 aliphatic heterocycles. The van der Waals surface area contributed by atoms with Crippen LogP contribution in [-0.4, -0.2) is 42.0 Å². The zero-order valence-electron chi connectivity index (χ0n) is 21.0. The maximum Gasteiger partial charge on any atom is 0.295 e. The number of hydrogen-bond donors (Lipinski definition) is 1. The fraction of sp³-hybridized carbons (Fsp3) is 0.290. The van der Waals surface area contributed by atoms with Crippen molar-refractivity contribution in [2.45, 2.75) is 38.3 Å². The van der Waals surface area contributed by atoms with Gasteiger partial charge >= 0.3 is 0 Å². The Bertz CT molecular complexity index is 1310. The first-order valence-electron chi connectivity index (χ1n) is 12.7. The molecule has 1 aliphatic carbocycles. The van der Waals surface area contributed by atoms with Gasteiger partial charge in [-0.1, -0.05) is 54.6 Å². The van der Waals surface area contributed by atoms with E-state index in [-0.39, 0.29) is 24.5 Å². The predicted molar refractivity (Wildman–Crippen MR) is 141 cm³/mol. The summed E-state index contributed by atoms with van der Waals surface area (Å²) in [5.74, 6) is -0.774. The predicted octanol–water partition coefficient (Wildman–Crippen LogP) is 5.21. The van der Waals surface area contributed by atoms with E-state index in [0.717, 1.165) is 36.8 Å². The number of aryl methyl sites for hydroxylation is 2. The van der Waals surface area contributed by atoms with Crippen LogP contribution in [0.1, 0.15) is 46.7 Å². The number of carbonyl (C=O) groups excluding carboxylic acids is 2. The standard InChI is InChI=1S/C31H31NO5/c1-36-18-17-32-28(23-13-15-26(16-14-23)37-20-21-7-3-2-4-8-21)27(30(34)31(32)35)29(33)25-12-11-22-9-5-6-10-24(22)19-25/h2-4,7-8,11-16,19,28,33H,5-6,9-10,17-18,20H2,1H3/b29-27-. The Labute approximate surface area is 217 Å². The van der Waals surface area contributed by atoms with E-state index in [1.54, 1.807) is 7.11 Å². The zero-order chi connectivity index (χ0) is 25.8. The van der Waals surface area contributed by atoms with Gasteiger partial charge in [0.05, 0.1) is 18.2 Å². The third-order valence-electron chi connectivity index (χ3n) is 7.14. The number of hydrogen-bond acceptors (Lipinski definition) is 5. The van der Waals surface area contributed by atoms with Gasteiger partial charge in [0.25, 0.3) is 11.7 Å². The van der Waals surface area contributed by atoms with Crippen LogP contribution in [0.2, 0.25) is 0 Å². The average Bonchev–Trinajstić information content (AvgIpc) is 3.20. The van der Waals surface area contributed by atoms with E-state index >= 15 is 0 Å². The number of methoxy groups -OCH3 is 1. The minimum absolute atomic E-state index is 0.106. The maximum atomic E-state index is 13.2. The number of benzene rings is 3. The lowest BCUT2D eigenvalue weighted by molar-refractivity contribution is -0.140. The monoisotopic (exact) mass is 497 g/mol. The van der Waals surface area contributed by atoms with Gasteiger partial charge in [0.15, 0.2) is 0 Å². The first-order chi connectivity index (χ1) is 18.1. The lowest BCUT2D eigenvalue weighted by Crippen LogP contribution is -2.32. The fourth-order valence-electron chi connectivity index (χ4n) is 5.17. The second-order valence-corrected chi connectivity index (χ2v) is 9.52. The number of amides is 1. The van der Waals surface area contributed by atoms with Gasteiger partial charge in [0, 0.05) is 19.2 Å². The normalized spacial score (nSPS) is 18.6. The van der Waals surface area contributed by atoms with Crippen molar-refractivity contribution >= 4 is 17.4 Å². The van der Waals surface area contributed by atoms with Crippen LogP contribution in [0, 0.1) is 0 Å². The largest absolute Gasteiger partial charge is 0.507 e. The molecule has 1 atom stereocenters. The van der Waals surface area contributed by atoms with Crippen LogP contribution >= 0.6 is 0 Å². The van der Waals surface area contributed by atoms with Gasteiger partial charge in [-0.25, -0.2) is 0 Å². The third kappa shape index (κ3) is 5.16. The number of ether oxygens (including phenoxy) is 2. The first-order valence-corrected chi connectivity index (χ1v) is 12.7. The lowest BCUT2D eigenvalue weighted by Gasteiger charge is -2.25. The van der Waals surface area contributed by atoms with Crippen molar-refractivity contribution in [3.05, 3.63) is 106 Å². The second-order valence-electron chi connectivity index (χ2n) is 9.52. The number of carbonyl (C=O) groups is 2. The van der Waals surface area contributed by atoms with Crippen molar-refractivity contribution in [3.63, 3.8) is 0 Å². The number of ketones is 1. The van der Waals surface area contributed by atoms with Gasteiger partial charge in [-0.2, -0.15) is 0 Å². The van der Waals surface area contributed by atoms with Crippen LogP contribution in [0.5, 0.6) is 5.75 Å². The molecule has 0 bridgehead atoms. The van der Waals surface area contributed by atoms with E-state index in [2.05, 4.69) is 0 Å². The molecule has 5 rings (SSSR count). The van der Waals surface area contributed by atoms with E-state index in [9.17, 15) is 14.7 Å². The highest BCUT2D eigenvalue weighted by Crippen LogP contribution is 2.40. The quantitative estimate of drug-likeness (QED) is 0.263. The van der Waals surface area contributed by atoms with E-state index in [4.69, 9.17) is 9.47 Å². The van der Waals surface area contributed by atoms with Crippen molar-refractivity contribution in [3.8, 4) is 5.75 Å². The first kappa shape index (κ1) is 24.8. The number of rotatable bonds is 8. The molecule has 1 heterocycles. The fourth-order valence-corrected chi connectivity index (χ4v) is 5.17. The average molecular weight is 498 g/mol. The van der Waals surface area contributed by atoms with Gasteiger partial charge in [0.2, 0.25) is 0 Å². The van der Waals surface area contributed by atoms with Gasteiger partial charge in [-0.3, -0.25) is 9.59 Å². The molecule has 37 heavy (non-hydrogen) atoms. The number of likely N-dealkylation sites (tertiary alicyclic amines) is 1. The highest BCUT2D eigenvalue weighted by molar-refractivity contribution is 6.46. The molecule has 190 valence electrons. The molecule has 2 aliphatic rings. The number of aliphatic hydroxyl groups is 1. The molecule has 6 heteroatoms. The van der Waals surface area contributed by atoms with Crippen LogP contribution in [-0.2, 0) is 33.8 Å². The van der Waals surface area contributed by atoms with Crippen molar-refractivity contribution in [1.29, 1.82) is 0 Å². The number of nitrogens with zero attached hydrogens (tertiary/aromatic N) is 1. The smallest absolute Gasteiger partial charge is 0.295 e. The highest BCUT2D eigenvalue weighted by Gasteiger charge is 2.45. The molecule has 1 unspecified atom stereocenters. The van der Waals surface area contributed by atoms with Gasteiger partial charge in [0.1, 0.15) is 18.1 Å². The molecule has 3 aromatic rings. The molecule has 1 fully saturated rings. The Hall–Kier alpha value is -3.90. The zero-order valence-corrected chi connectivity index (χ0v) is 21.0. The minimum Gasteiger partial charge on any atom is -0.507 e. The van der Waals surface area contributed by atoms with Crippen LogP contribution in [0.15, 0.2) is 78.4 Å². The summed E-state index contributed by atoms with van der Waals surface area (Å²) in [6.07, 6.45) is 4.24. The molecule has 1 N–H and O–H groups in total.